The van der Waals surface area contributed by atoms with Gasteiger partial charge in [-0.1, -0.05) is 6.07 Å². The number of ether oxygens (including phenoxy) is 1. The number of carbonyl (C=O) groups excluding carboxylic acids is 3. The zero-order valence-electron chi connectivity index (χ0n) is 16.5. The summed E-state index contributed by atoms with van der Waals surface area (Å²) >= 11 is 0. The maximum atomic E-state index is 13.5. The lowest BCUT2D eigenvalue weighted by atomic mass is 10.0. The Kier molecular flexibility index (Phi) is 6.25. The average Bonchev–Trinajstić information content (AvgIpc) is 3.09. The molecule has 2 aromatic rings. The number of amides is 2. The normalized spacial score (nSPS) is 17.5. The van der Waals surface area contributed by atoms with Gasteiger partial charge >= 0.3 is 5.97 Å². The van der Waals surface area contributed by atoms with Gasteiger partial charge in [-0.05, 0) is 29.8 Å². The first-order chi connectivity index (χ1) is 14.7. The van der Waals surface area contributed by atoms with Crippen molar-refractivity contribution in [2.24, 2.45) is 0 Å². The van der Waals surface area contributed by atoms with Gasteiger partial charge in [0.05, 0.1) is 37.3 Å². The number of aromatic nitrogens is 1. The van der Waals surface area contributed by atoms with Crippen molar-refractivity contribution >= 4 is 34.8 Å². The van der Waals surface area contributed by atoms with Gasteiger partial charge in [0.1, 0.15) is 6.04 Å². The molecule has 31 heavy (non-hydrogen) atoms. The van der Waals surface area contributed by atoms with Crippen molar-refractivity contribution in [3.05, 3.63) is 47.7 Å². The number of pyridine rings is 1. The Morgan fingerprint density at radius 2 is 2.16 bits per heavy atom. The van der Waals surface area contributed by atoms with Gasteiger partial charge in [-0.2, -0.15) is 5.26 Å². The Bertz CT molecular complexity index is 1110. The lowest BCUT2D eigenvalue weighted by molar-refractivity contribution is -0.134. The molecule has 1 aliphatic rings. The summed E-state index contributed by atoms with van der Waals surface area (Å²) in [6.07, 6.45) is 3.45. The van der Waals surface area contributed by atoms with Gasteiger partial charge in [0, 0.05) is 24.1 Å². The molecule has 1 saturated heterocycles. The number of alkyl halides is 2. The maximum Gasteiger partial charge on any atom is 0.330 e. The summed E-state index contributed by atoms with van der Waals surface area (Å²) in [7, 11) is 1.25. The number of carbonyl (C=O) groups is 3. The summed E-state index contributed by atoms with van der Waals surface area (Å²) in [6, 6.07) is 6.93. The van der Waals surface area contributed by atoms with Gasteiger partial charge in [-0.3, -0.25) is 14.6 Å². The fraction of sp³-hybridized carbons (Fsp3) is 0.286. The van der Waals surface area contributed by atoms with Crippen LogP contribution in [0.1, 0.15) is 22.3 Å². The van der Waals surface area contributed by atoms with E-state index in [9.17, 15) is 23.2 Å². The van der Waals surface area contributed by atoms with Crippen molar-refractivity contribution in [2.45, 2.75) is 18.4 Å². The van der Waals surface area contributed by atoms with E-state index in [2.05, 4.69) is 15.0 Å². The van der Waals surface area contributed by atoms with Crippen molar-refractivity contribution in [1.82, 2.24) is 15.2 Å². The Morgan fingerprint density at radius 3 is 2.87 bits per heavy atom. The van der Waals surface area contributed by atoms with Crippen molar-refractivity contribution in [3.63, 3.8) is 0 Å². The zero-order chi connectivity index (χ0) is 22.6. The van der Waals surface area contributed by atoms with E-state index in [-0.39, 0.29) is 5.56 Å². The molecular weight excluding hydrogens is 410 g/mol. The number of hydrogen-bond acceptors (Lipinski definition) is 6. The van der Waals surface area contributed by atoms with Crippen LogP contribution in [-0.4, -0.2) is 59.8 Å². The van der Waals surface area contributed by atoms with Gasteiger partial charge in [0.2, 0.25) is 5.91 Å². The van der Waals surface area contributed by atoms with Gasteiger partial charge < -0.3 is 15.0 Å². The summed E-state index contributed by atoms with van der Waals surface area (Å²) in [4.78, 5) is 41.2. The predicted octanol–water partition coefficient (Wildman–Crippen LogP) is 1.91. The fourth-order valence-corrected chi connectivity index (χ4v) is 3.24. The molecule has 160 valence electrons. The highest BCUT2D eigenvalue weighted by molar-refractivity contribution is 6.07. The highest BCUT2D eigenvalue weighted by Gasteiger charge is 2.47. The standard InChI is InChI=1S/C21H18F2N4O4/c1-31-19(29)5-3-13-2-4-17-16(8-13)15(6-7-25-17)20(30)26-11-18(28)27-12-21(22,23)9-14(27)10-24/h2-8,14H,9,11-12H2,1H3,(H,26,30). The van der Waals surface area contributed by atoms with Gasteiger partial charge in [-0.25, -0.2) is 13.6 Å². The maximum absolute atomic E-state index is 13.5. The first-order valence-electron chi connectivity index (χ1n) is 9.24. The Morgan fingerprint density at radius 1 is 1.39 bits per heavy atom. The molecule has 1 aromatic heterocycles. The first kappa shape index (κ1) is 21.8. The monoisotopic (exact) mass is 428 g/mol. The second kappa shape index (κ2) is 8.87. The number of esters is 1. The molecule has 0 saturated carbocycles. The summed E-state index contributed by atoms with van der Waals surface area (Å²) in [5, 5.41) is 11.9. The van der Waals surface area contributed by atoms with E-state index >= 15 is 0 Å². The SMILES string of the molecule is COC(=O)C=Cc1ccc2nccc(C(=O)NCC(=O)N3CC(F)(F)CC3C#N)c2c1. The van der Waals surface area contributed by atoms with Gasteiger partial charge in [0.15, 0.2) is 0 Å². The van der Waals surface area contributed by atoms with Crippen molar-refractivity contribution in [3.8, 4) is 6.07 Å². The topological polar surface area (TPSA) is 112 Å². The minimum Gasteiger partial charge on any atom is -0.466 e. The van der Waals surface area contributed by atoms with E-state index in [1.54, 1.807) is 24.3 Å². The number of fused-ring (bicyclic) bond motifs is 1. The summed E-state index contributed by atoms with van der Waals surface area (Å²) in [6.45, 7) is -1.38. The second-order valence-electron chi connectivity index (χ2n) is 6.90. The second-order valence-corrected chi connectivity index (χ2v) is 6.90. The smallest absolute Gasteiger partial charge is 0.330 e. The third-order valence-electron chi connectivity index (χ3n) is 4.76. The van der Waals surface area contributed by atoms with Gasteiger partial charge in [-0.15, -0.1) is 0 Å². The van der Waals surface area contributed by atoms with Gasteiger partial charge in [0.25, 0.3) is 11.8 Å². The number of nitrogens with zero attached hydrogens (tertiary/aromatic N) is 3. The number of halogens is 2. The third-order valence-corrected chi connectivity index (χ3v) is 4.76. The van der Waals surface area contributed by atoms with Crippen molar-refractivity contribution in [2.75, 3.05) is 20.2 Å². The van der Waals surface area contributed by atoms with Crippen LogP contribution in [0.25, 0.3) is 17.0 Å². The van der Waals surface area contributed by atoms with Crippen molar-refractivity contribution in [1.29, 1.82) is 5.26 Å². The number of likely N-dealkylation sites (tertiary alicyclic amines) is 1. The zero-order valence-corrected chi connectivity index (χ0v) is 16.5. The summed E-state index contributed by atoms with van der Waals surface area (Å²) in [5.74, 6) is -5.03. The minimum absolute atomic E-state index is 0.217. The number of hydrogen-bond donors (Lipinski definition) is 1. The Labute approximate surface area is 176 Å². The largest absolute Gasteiger partial charge is 0.466 e. The lowest BCUT2D eigenvalue weighted by Crippen LogP contribution is -2.43. The Hall–Kier alpha value is -3.87. The molecule has 8 nitrogen and oxygen atoms in total. The van der Waals surface area contributed by atoms with Crippen LogP contribution in [0.4, 0.5) is 8.78 Å². The molecule has 1 fully saturated rings. The molecule has 10 heteroatoms. The lowest BCUT2D eigenvalue weighted by Gasteiger charge is -2.19. The molecule has 0 spiro atoms. The number of nitriles is 1. The van der Waals surface area contributed by atoms with Crippen molar-refractivity contribution < 1.29 is 27.9 Å². The fourth-order valence-electron chi connectivity index (χ4n) is 3.24. The van der Waals surface area contributed by atoms with E-state index in [4.69, 9.17) is 5.26 Å². The molecule has 0 bridgehead atoms. The quantitative estimate of drug-likeness (QED) is 0.575. The van der Waals surface area contributed by atoms with E-state index in [1.165, 1.54) is 31.5 Å². The third kappa shape index (κ3) is 5.01. The minimum atomic E-state index is -3.13. The molecule has 1 aromatic carbocycles. The molecule has 2 amide bonds. The number of methoxy groups -OCH3 is 1. The molecule has 2 heterocycles. The summed E-state index contributed by atoms with van der Waals surface area (Å²) in [5.41, 5.74) is 1.35. The van der Waals surface area contributed by atoms with Crippen LogP contribution in [0.15, 0.2) is 36.5 Å². The highest BCUT2D eigenvalue weighted by Crippen LogP contribution is 2.31. The number of benzene rings is 1. The van der Waals surface area contributed by atoms with Crippen LogP contribution in [0, 0.1) is 11.3 Å². The van der Waals surface area contributed by atoms with Crippen LogP contribution >= 0.6 is 0 Å². The van der Waals surface area contributed by atoms with Crippen LogP contribution < -0.4 is 5.32 Å². The molecule has 1 N–H and O–H groups in total. The highest BCUT2D eigenvalue weighted by atomic mass is 19.3. The molecule has 0 radical (unpaired) electrons. The van der Waals surface area contributed by atoms with E-state index in [0.717, 1.165) is 4.90 Å². The predicted molar refractivity (Wildman–Crippen MR) is 106 cm³/mol. The molecular formula is C21H18F2N4O4. The molecule has 1 atom stereocenters. The molecule has 1 aliphatic heterocycles. The summed E-state index contributed by atoms with van der Waals surface area (Å²) < 4.78 is 31.6. The van der Waals surface area contributed by atoms with Crippen LogP contribution in [-0.2, 0) is 14.3 Å². The van der Waals surface area contributed by atoms with Crippen LogP contribution in [0.2, 0.25) is 0 Å². The first-order valence-corrected chi connectivity index (χ1v) is 9.24. The molecule has 1 unspecified atom stereocenters. The number of nitrogens with one attached hydrogen (secondary N) is 1. The van der Waals surface area contributed by atoms with E-state index in [1.807, 2.05) is 0 Å². The van der Waals surface area contributed by atoms with E-state index < -0.39 is 49.3 Å². The molecule has 3 rings (SSSR count). The number of rotatable bonds is 5. The van der Waals surface area contributed by atoms with E-state index in [0.29, 0.717) is 16.5 Å². The Balaban J connectivity index is 1.76. The van der Waals surface area contributed by atoms with Crippen LogP contribution in [0.5, 0.6) is 0 Å². The molecule has 0 aliphatic carbocycles. The average molecular weight is 428 g/mol. The van der Waals surface area contributed by atoms with Crippen LogP contribution in [0.3, 0.4) is 0 Å².